The van der Waals surface area contributed by atoms with Crippen molar-refractivity contribution in [3.63, 3.8) is 0 Å². The average molecular weight is 347 g/mol. The van der Waals surface area contributed by atoms with Crippen LogP contribution in [-0.4, -0.2) is 63.8 Å². The molecule has 1 saturated carbocycles. The zero-order valence-electron chi connectivity index (χ0n) is 14.6. The monoisotopic (exact) mass is 347 g/mol. The van der Waals surface area contributed by atoms with Crippen LogP contribution < -0.4 is 5.32 Å². The summed E-state index contributed by atoms with van der Waals surface area (Å²) in [5.74, 6) is 0.520. The van der Waals surface area contributed by atoms with Crippen molar-refractivity contribution in [2.75, 3.05) is 26.3 Å². The lowest BCUT2D eigenvalue weighted by Crippen LogP contribution is -2.58. The van der Waals surface area contributed by atoms with Crippen LogP contribution in [0, 0.1) is 11.3 Å². The van der Waals surface area contributed by atoms with Gasteiger partial charge in [0.25, 0.3) is 5.91 Å². The van der Waals surface area contributed by atoms with Crippen molar-refractivity contribution in [2.45, 2.75) is 38.1 Å². The summed E-state index contributed by atoms with van der Waals surface area (Å²) in [5.41, 5.74) is 0.0388. The van der Waals surface area contributed by atoms with Gasteiger partial charge in [-0.3, -0.25) is 14.3 Å². The van der Waals surface area contributed by atoms with Crippen molar-refractivity contribution >= 4 is 11.8 Å². The van der Waals surface area contributed by atoms with E-state index in [4.69, 9.17) is 4.74 Å². The Morgan fingerprint density at radius 2 is 2.04 bits per heavy atom. The zero-order valence-corrected chi connectivity index (χ0v) is 14.6. The van der Waals surface area contributed by atoms with Crippen molar-refractivity contribution in [3.05, 3.63) is 12.2 Å². The van der Waals surface area contributed by atoms with Gasteiger partial charge in [-0.15, -0.1) is 5.10 Å². The molecule has 1 atom stereocenters. The highest BCUT2D eigenvalue weighted by Crippen LogP contribution is 2.41. The SMILES string of the molecule is Cn1cnc(C(=O)N2CCC3(CCOC[C@@H]3NC(=O)C3CC3)CC2)n1. The molecule has 3 aliphatic rings. The van der Waals surface area contributed by atoms with E-state index in [1.807, 2.05) is 4.90 Å². The summed E-state index contributed by atoms with van der Waals surface area (Å²) in [6.07, 6.45) is 6.25. The van der Waals surface area contributed by atoms with E-state index in [0.717, 1.165) is 38.7 Å². The van der Waals surface area contributed by atoms with Gasteiger partial charge >= 0.3 is 0 Å². The molecule has 1 aliphatic carbocycles. The third kappa shape index (κ3) is 3.27. The van der Waals surface area contributed by atoms with Crippen LogP contribution >= 0.6 is 0 Å². The second-order valence-corrected chi connectivity index (χ2v) is 7.56. The van der Waals surface area contributed by atoms with Crippen molar-refractivity contribution in [1.29, 1.82) is 0 Å². The molecule has 0 unspecified atom stereocenters. The maximum Gasteiger partial charge on any atom is 0.293 e. The molecule has 2 saturated heterocycles. The Morgan fingerprint density at radius 3 is 2.68 bits per heavy atom. The highest BCUT2D eigenvalue weighted by atomic mass is 16.5. The van der Waals surface area contributed by atoms with Gasteiger partial charge in [0.1, 0.15) is 6.33 Å². The smallest absolute Gasteiger partial charge is 0.293 e. The minimum atomic E-state index is -0.110. The molecular weight excluding hydrogens is 322 g/mol. The van der Waals surface area contributed by atoms with Gasteiger partial charge in [0.15, 0.2) is 0 Å². The van der Waals surface area contributed by atoms with E-state index in [1.54, 1.807) is 18.1 Å². The highest BCUT2D eigenvalue weighted by molar-refractivity contribution is 5.90. The quantitative estimate of drug-likeness (QED) is 0.852. The van der Waals surface area contributed by atoms with Crippen LogP contribution in [0.5, 0.6) is 0 Å². The number of hydrogen-bond acceptors (Lipinski definition) is 5. The Morgan fingerprint density at radius 1 is 1.28 bits per heavy atom. The molecule has 4 rings (SSSR count). The first-order chi connectivity index (χ1) is 12.1. The van der Waals surface area contributed by atoms with Gasteiger partial charge in [-0.05, 0) is 37.5 Å². The number of ether oxygens (including phenoxy) is 1. The average Bonchev–Trinajstić information content (AvgIpc) is 3.39. The molecule has 3 fully saturated rings. The topological polar surface area (TPSA) is 89.4 Å². The molecule has 2 amide bonds. The van der Waals surface area contributed by atoms with Gasteiger partial charge in [0.2, 0.25) is 11.7 Å². The summed E-state index contributed by atoms with van der Waals surface area (Å²) in [7, 11) is 1.75. The normalized spacial score (nSPS) is 25.8. The van der Waals surface area contributed by atoms with E-state index >= 15 is 0 Å². The van der Waals surface area contributed by atoms with E-state index < -0.39 is 0 Å². The number of likely N-dealkylation sites (tertiary alicyclic amines) is 1. The first kappa shape index (κ1) is 16.5. The van der Waals surface area contributed by atoms with Crippen LogP contribution in [0.2, 0.25) is 0 Å². The number of carbonyl (C=O) groups excluding carboxylic acids is 2. The number of hydrogen-bond donors (Lipinski definition) is 1. The minimum Gasteiger partial charge on any atom is -0.379 e. The molecule has 0 bridgehead atoms. The third-order valence-corrected chi connectivity index (χ3v) is 5.87. The highest BCUT2D eigenvalue weighted by Gasteiger charge is 2.46. The fourth-order valence-electron chi connectivity index (χ4n) is 3.99. The Balaban J connectivity index is 1.41. The Hall–Kier alpha value is -1.96. The molecule has 136 valence electrons. The third-order valence-electron chi connectivity index (χ3n) is 5.87. The summed E-state index contributed by atoms with van der Waals surface area (Å²) >= 11 is 0. The number of amides is 2. The predicted molar refractivity (Wildman–Crippen MR) is 88.7 cm³/mol. The van der Waals surface area contributed by atoms with Gasteiger partial charge in [-0.1, -0.05) is 0 Å². The zero-order chi connectivity index (χ0) is 17.4. The molecule has 1 aromatic rings. The number of carbonyl (C=O) groups is 2. The second kappa shape index (κ2) is 6.40. The Labute approximate surface area is 146 Å². The van der Waals surface area contributed by atoms with Crippen molar-refractivity contribution < 1.29 is 14.3 Å². The predicted octanol–water partition coefficient (Wildman–Crippen LogP) is 0.353. The van der Waals surface area contributed by atoms with E-state index in [-0.39, 0.29) is 35.0 Å². The van der Waals surface area contributed by atoms with E-state index in [2.05, 4.69) is 15.4 Å². The molecule has 8 heteroatoms. The van der Waals surface area contributed by atoms with Crippen molar-refractivity contribution in [2.24, 2.45) is 18.4 Å². The van der Waals surface area contributed by atoms with Gasteiger partial charge in [-0.25, -0.2) is 4.98 Å². The van der Waals surface area contributed by atoms with Crippen molar-refractivity contribution in [1.82, 2.24) is 25.0 Å². The van der Waals surface area contributed by atoms with Crippen LogP contribution in [-0.2, 0) is 16.6 Å². The summed E-state index contributed by atoms with van der Waals surface area (Å²) in [6.45, 7) is 2.65. The standard InChI is InChI=1S/C17H25N5O3/c1-21-11-18-14(20-21)16(24)22-7-4-17(5-8-22)6-9-25-10-13(17)19-15(23)12-2-3-12/h11-13H,2-10H2,1H3,(H,19,23)/t13-/m0/s1. The maximum absolute atomic E-state index is 12.5. The van der Waals surface area contributed by atoms with Crippen LogP contribution in [0.25, 0.3) is 0 Å². The molecule has 25 heavy (non-hydrogen) atoms. The van der Waals surface area contributed by atoms with Crippen LogP contribution in [0.3, 0.4) is 0 Å². The van der Waals surface area contributed by atoms with Crippen LogP contribution in [0.4, 0.5) is 0 Å². The molecule has 0 radical (unpaired) electrons. The summed E-state index contributed by atoms with van der Waals surface area (Å²) in [4.78, 5) is 30.6. The fourth-order valence-corrected chi connectivity index (χ4v) is 3.99. The molecule has 1 N–H and O–H groups in total. The number of nitrogens with zero attached hydrogens (tertiary/aromatic N) is 4. The maximum atomic E-state index is 12.5. The van der Waals surface area contributed by atoms with E-state index in [0.29, 0.717) is 19.7 Å². The number of rotatable bonds is 3. The van der Waals surface area contributed by atoms with E-state index in [1.165, 1.54) is 0 Å². The van der Waals surface area contributed by atoms with Gasteiger partial charge < -0.3 is 15.0 Å². The van der Waals surface area contributed by atoms with Gasteiger partial charge in [0, 0.05) is 32.7 Å². The minimum absolute atomic E-state index is 0.0388. The van der Waals surface area contributed by atoms with Crippen LogP contribution in [0.1, 0.15) is 42.7 Å². The van der Waals surface area contributed by atoms with Crippen LogP contribution in [0.15, 0.2) is 6.33 Å². The van der Waals surface area contributed by atoms with Crippen molar-refractivity contribution in [3.8, 4) is 0 Å². The number of nitrogens with one attached hydrogen (secondary N) is 1. The Bertz CT molecular complexity index is 661. The molecule has 1 aromatic heterocycles. The largest absolute Gasteiger partial charge is 0.379 e. The van der Waals surface area contributed by atoms with E-state index in [9.17, 15) is 9.59 Å². The lowest BCUT2D eigenvalue weighted by Gasteiger charge is -2.49. The summed E-state index contributed by atoms with van der Waals surface area (Å²) in [6, 6.07) is 0.0552. The van der Waals surface area contributed by atoms with Gasteiger partial charge in [-0.2, -0.15) is 0 Å². The second-order valence-electron chi connectivity index (χ2n) is 7.56. The fraction of sp³-hybridized carbons (Fsp3) is 0.765. The molecule has 2 aliphatic heterocycles. The Kier molecular flexibility index (Phi) is 4.23. The molecule has 3 heterocycles. The lowest BCUT2D eigenvalue weighted by molar-refractivity contribution is -0.127. The summed E-state index contributed by atoms with van der Waals surface area (Å²) in [5, 5.41) is 7.33. The molecule has 1 spiro atoms. The lowest BCUT2D eigenvalue weighted by atomic mass is 9.69. The number of aryl methyl sites for hydroxylation is 1. The molecule has 8 nitrogen and oxygen atoms in total. The number of piperidine rings is 1. The first-order valence-electron chi connectivity index (χ1n) is 9.10. The number of aromatic nitrogens is 3. The summed E-state index contributed by atoms with van der Waals surface area (Å²) < 4.78 is 7.18. The first-order valence-corrected chi connectivity index (χ1v) is 9.10. The van der Waals surface area contributed by atoms with Gasteiger partial charge in [0.05, 0.1) is 12.6 Å². The molecule has 0 aromatic carbocycles. The molecular formula is C17H25N5O3.